The Bertz CT molecular complexity index is 579. The SMILES string of the molecule is CC1=C(Cl)C=N[C](S(=O)(=O)c2ccccc2)N1. The molecule has 1 aliphatic rings. The van der Waals surface area contributed by atoms with Crippen LogP contribution < -0.4 is 5.32 Å². The number of aliphatic imine (C=N–C) groups is 1. The maximum absolute atomic E-state index is 12.2. The van der Waals surface area contributed by atoms with Crippen molar-refractivity contribution < 1.29 is 8.42 Å². The molecule has 0 atom stereocenters. The van der Waals surface area contributed by atoms with Crippen LogP contribution in [-0.2, 0) is 9.84 Å². The zero-order valence-corrected chi connectivity index (χ0v) is 10.6. The van der Waals surface area contributed by atoms with Gasteiger partial charge in [-0.1, -0.05) is 29.8 Å². The predicted molar refractivity (Wildman–Crippen MR) is 67.1 cm³/mol. The van der Waals surface area contributed by atoms with Crippen molar-refractivity contribution in [1.82, 2.24) is 5.32 Å². The summed E-state index contributed by atoms with van der Waals surface area (Å²) in [6.07, 6.45) is 1.32. The zero-order valence-electron chi connectivity index (χ0n) is 9.01. The van der Waals surface area contributed by atoms with Crippen LogP contribution in [0.3, 0.4) is 0 Å². The second kappa shape index (κ2) is 4.50. The summed E-state index contributed by atoms with van der Waals surface area (Å²) in [4.78, 5) is 4.01. The van der Waals surface area contributed by atoms with Crippen molar-refractivity contribution in [2.45, 2.75) is 11.8 Å². The van der Waals surface area contributed by atoms with Gasteiger partial charge in [0.05, 0.1) is 9.93 Å². The maximum atomic E-state index is 12.2. The molecule has 4 nitrogen and oxygen atoms in total. The van der Waals surface area contributed by atoms with Crippen molar-refractivity contribution in [3.63, 3.8) is 0 Å². The van der Waals surface area contributed by atoms with Gasteiger partial charge in [-0.15, -0.1) is 0 Å². The number of sulfone groups is 1. The molecule has 17 heavy (non-hydrogen) atoms. The molecular weight excluding hydrogens is 260 g/mol. The molecule has 0 fully saturated rings. The van der Waals surface area contributed by atoms with Crippen LogP contribution in [0.1, 0.15) is 6.92 Å². The van der Waals surface area contributed by atoms with Gasteiger partial charge in [-0.05, 0) is 19.1 Å². The zero-order chi connectivity index (χ0) is 12.5. The summed E-state index contributed by atoms with van der Waals surface area (Å²) < 4.78 is 24.3. The van der Waals surface area contributed by atoms with E-state index >= 15 is 0 Å². The van der Waals surface area contributed by atoms with Crippen LogP contribution >= 0.6 is 11.6 Å². The van der Waals surface area contributed by atoms with Gasteiger partial charge in [-0.25, -0.2) is 13.4 Å². The molecule has 1 N–H and O–H groups in total. The molecule has 0 bridgehead atoms. The number of hydrogen-bond donors (Lipinski definition) is 1. The lowest BCUT2D eigenvalue weighted by Crippen LogP contribution is -2.29. The Hall–Kier alpha value is -1.33. The van der Waals surface area contributed by atoms with Gasteiger partial charge in [0.1, 0.15) is 0 Å². The second-order valence-corrected chi connectivity index (χ2v) is 5.75. The van der Waals surface area contributed by atoms with Crippen LogP contribution in [0.5, 0.6) is 0 Å². The van der Waals surface area contributed by atoms with Gasteiger partial charge in [0.25, 0.3) is 5.50 Å². The first-order chi connectivity index (χ1) is 8.01. The minimum Gasteiger partial charge on any atom is -0.346 e. The Morgan fingerprint density at radius 1 is 1.24 bits per heavy atom. The van der Waals surface area contributed by atoms with Gasteiger partial charge in [-0.3, -0.25) is 0 Å². The largest absolute Gasteiger partial charge is 0.346 e. The third-order valence-corrected chi connectivity index (χ3v) is 4.25. The Morgan fingerprint density at radius 2 is 1.88 bits per heavy atom. The van der Waals surface area contributed by atoms with Crippen LogP contribution in [0.25, 0.3) is 0 Å². The van der Waals surface area contributed by atoms with Crippen molar-refractivity contribution in [1.29, 1.82) is 0 Å². The fraction of sp³-hybridized carbons (Fsp3) is 0.0909. The van der Waals surface area contributed by atoms with E-state index in [1.54, 1.807) is 25.1 Å². The minimum absolute atomic E-state index is 0.106. The highest BCUT2D eigenvalue weighted by Crippen LogP contribution is 2.24. The first-order valence-corrected chi connectivity index (χ1v) is 6.72. The summed E-state index contributed by atoms with van der Waals surface area (Å²) in [6, 6.07) is 8.12. The van der Waals surface area contributed by atoms with E-state index in [4.69, 9.17) is 11.6 Å². The van der Waals surface area contributed by atoms with Gasteiger partial charge in [0.2, 0.25) is 9.84 Å². The maximum Gasteiger partial charge on any atom is 0.296 e. The summed E-state index contributed by atoms with van der Waals surface area (Å²) in [5.41, 5.74) is 0.460. The van der Waals surface area contributed by atoms with E-state index < -0.39 is 9.84 Å². The molecule has 1 radical (unpaired) electrons. The lowest BCUT2D eigenvalue weighted by atomic mass is 10.4. The Balaban J connectivity index is 2.35. The highest BCUT2D eigenvalue weighted by molar-refractivity contribution is 7.94. The van der Waals surface area contributed by atoms with Crippen molar-refractivity contribution in [2.75, 3.05) is 0 Å². The molecule has 0 aliphatic carbocycles. The molecule has 0 saturated heterocycles. The summed E-state index contributed by atoms with van der Waals surface area (Å²) in [6.45, 7) is 1.69. The van der Waals surface area contributed by atoms with E-state index in [9.17, 15) is 8.42 Å². The van der Waals surface area contributed by atoms with Gasteiger partial charge < -0.3 is 5.32 Å². The Kier molecular flexibility index (Phi) is 3.22. The Morgan fingerprint density at radius 3 is 2.47 bits per heavy atom. The molecule has 0 unspecified atom stereocenters. The third-order valence-electron chi connectivity index (χ3n) is 2.26. The molecule has 89 valence electrons. The van der Waals surface area contributed by atoms with Crippen molar-refractivity contribution in [2.24, 2.45) is 4.99 Å². The fourth-order valence-electron chi connectivity index (χ4n) is 1.31. The molecule has 0 aromatic heterocycles. The van der Waals surface area contributed by atoms with E-state index in [-0.39, 0.29) is 10.4 Å². The van der Waals surface area contributed by atoms with Crippen LogP contribution in [0, 0.1) is 5.50 Å². The number of hydrogen-bond acceptors (Lipinski definition) is 4. The minimum atomic E-state index is -3.60. The predicted octanol–water partition coefficient (Wildman–Crippen LogP) is 2.05. The number of halogens is 1. The molecule has 1 aromatic rings. The number of rotatable bonds is 2. The van der Waals surface area contributed by atoms with E-state index in [0.29, 0.717) is 10.7 Å². The lowest BCUT2D eigenvalue weighted by Gasteiger charge is -2.18. The molecular formula is C11H10ClN2O2S. The average molecular weight is 270 g/mol. The first kappa shape index (κ1) is 12.1. The molecule has 2 rings (SSSR count). The van der Waals surface area contributed by atoms with Gasteiger partial charge in [-0.2, -0.15) is 0 Å². The molecule has 1 aromatic carbocycles. The van der Waals surface area contributed by atoms with Gasteiger partial charge >= 0.3 is 0 Å². The molecule has 0 saturated carbocycles. The highest BCUT2D eigenvalue weighted by Gasteiger charge is 2.30. The Labute approximate surface area is 105 Å². The van der Waals surface area contributed by atoms with Crippen LogP contribution in [0.4, 0.5) is 0 Å². The van der Waals surface area contributed by atoms with E-state index in [0.717, 1.165) is 0 Å². The standard InChI is InChI=1S/C11H10ClN2O2S/c1-8-10(12)7-13-11(14-8)17(15,16)9-5-3-2-4-6-9/h2-7,14H,1H3. The van der Waals surface area contributed by atoms with Crippen molar-refractivity contribution in [3.8, 4) is 0 Å². The summed E-state index contributed by atoms with van der Waals surface area (Å²) >= 11 is 5.79. The van der Waals surface area contributed by atoms with Crippen molar-refractivity contribution >= 4 is 27.7 Å². The summed E-state index contributed by atoms with van der Waals surface area (Å²) in [7, 11) is -3.60. The molecule has 0 amide bonds. The molecule has 1 aliphatic heterocycles. The molecule has 0 spiro atoms. The monoisotopic (exact) mass is 269 g/mol. The van der Waals surface area contributed by atoms with E-state index in [2.05, 4.69) is 10.3 Å². The normalized spacial score (nSPS) is 17.1. The third kappa shape index (κ3) is 2.35. The number of nitrogens with zero attached hydrogens (tertiary/aromatic N) is 1. The number of nitrogens with one attached hydrogen (secondary N) is 1. The van der Waals surface area contributed by atoms with Crippen LogP contribution in [0.15, 0.2) is 50.9 Å². The summed E-state index contributed by atoms with van der Waals surface area (Å²) in [5, 5.41) is 3.08. The lowest BCUT2D eigenvalue weighted by molar-refractivity contribution is 0.589. The number of benzene rings is 1. The molecule has 1 heterocycles. The highest BCUT2D eigenvalue weighted by atomic mass is 35.5. The topological polar surface area (TPSA) is 58.5 Å². The average Bonchev–Trinajstić information content (AvgIpc) is 2.33. The van der Waals surface area contributed by atoms with Crippen molar-refractivity contribution in [3.05, 3.63) is 46.6 Å². The number of allylic oxidation sites excluding steroid dienone is 2. The quantitative estimate of drug-likeness (QED) is 0.894. The van der Waals surface area contributed by atoms with Crippen LogP contribution in [-0.4, -0.2) is 14.6 Å². The summed E-state index contributed by atoms with van der Waals surface area (Å²) in [5.74, 6) is 0. The fourth-order valence-corrected chi connectivity index (χ4v) is 2.63. The van der Waals surface area contributed by atoms with E-state index in [1.807, 2.05) is 0 Å². The van der Waals surface area contributed by atoms with Crippen LogP contribution in [0.2, 0.25) is 0 Å². The smallest absolute Gasteiger partial charge is 0.296 e. The van der Waals surface area contributed by atoms with E-state index in [1.165, 1.54) is 18.3 Å². The van der Waals surface area contributed by atoms with Gasteiger partial charge in [0.15, 0.2) is 0 Å². The molecule has 6 heteroatoms. The van der Waals surface area contributed by atoms with Gasteiger partial charge in [0, 0.05) is 11.9 Å². The second-order valence-electron chi connectivity index (χ2n) is 3.48. The first-order valence-electron chi connectivity index (χ1n) is 4.86.